The summed E-state index contributed by atoms with van der Waals surface area (Å²) in [4.78, 5) is 24.5. The van der Waals surface area contributed by atoms with Crippen molar-refractivity contribution in [2.24, 2.45) is 0 Å². The van der Waals surface area contributed by atoms with E-state index in [2.05, 4.69) is 5.32 Å². The molecule has 0 aliphatic rings. The Bertz CT molecular complexity index is 1220. The predicted octanol–water partition coefficient (Wildman–Crippen LogP) is 2.98. The summed E-state index contributed by atoms with van der Waals surface area (Å²) in [6, 6.07) is 24.3. The zero-order valence-corrected chi connectivity index (χ0v) is 17.3. The van der Waals surface area contributed by atoms with Gasteiger partial charge in [0, 0.05) is 0 Å². The van der Waals surface area contributed by atoms with E-state index in [0.29, 0.717) is 15.6 Å². The summed E-state index contributed by atoms with van der Waals surface area (Å²) in [5.74, 6) is -0.388. The van der Waals surface area contributed by atoms with Gasteiger partial charge in [-0.25, -0.2) is 0 Å². The number of hydrogen-bond donors (Lipinski definition) is 1. The second-order valence-electron chi connectivity index (χ2n) is 6.20. The van der Waals surface area contributed by atoms with Crippen molar-refractivity contribution >= 4 is 52.2 Å². The van der Waals surface area contributed by atoms with Gasteiger partial charge in [-0.2, -0.15) is 0 Å². The van der Waals surface area contributed by atoms with Crippen LogP contribution in [0.5, 0.6) is 0 Å². The first-order valence-electron chi connectivity index (χ1n) is 8.90. The third kappa shape index (κ3) is 4.09. The van der Waals surface area contributed by atoms with E-state index in [1.807, 2.05) is 60.7 Å². The van der Waals surface area contributed by atoms with Gasteiger partial charge in [0.05, 0.1) is 0 Å². The van der Waals surface area contributed by atoms with Gasteiger partial charge in [0.1, 0.15) is 0 Å². The number of ether oxygens (including phenoxy) is 1. The summed E-state index contributed by atoms with van der Waals surface area (Å²) < 4.78 is 11.8. The molecule has 0 bridgehead atoms. The van der Waals surface area contributed by atoms with Gasteiger partial charge < -0.3 is 0 Å². The Morgan fingerprint density at radius 3 is 2.34 bits per heavy atom. The fourth-order valence-electron chi connectivity index (χ4n) is 2.91. The third-order valence-electron chi connectivity index (χ3n) is 4.31. The Hall–Kier alpha value is -3.34. The molecule has 4 aromatic rings. The monoisotopic (exact) mass is 451 g/mol. The third-order valence-corrected chi connectivity index (χ3v) is 6.58. The molecule has 5 nitrogen and oxygen atoms in total. The second kappa shape index (κ2) is 8.35. The number of carbonyl (C=O) groups is 1. The van der Waals surface area contributed by atoms with Crippen LogP contribution in [0.25, 0.3) is 11.0 Å². The van der Waals surface area contributed by atoms with Gasteiger partial charge in [0.15, 0.2) is 0 Å². The van der Waals surface area contributed by atoms with Crippen LogP contribution in [0.1, 0.15) is 10.4 Å². The Morgan fingerprint density at radius 2 is 1.62 bits per heavy atom. The molecule has 0 aliphatic heterocycles. The molecule has 1 heterocycles. The van der Waals surface area contributed by atoms with Crippen LogP contribution in [-0.2, 0) is 4.74 Å². The van der Waals surface area contributed by atoms with Crippen molar-refractivity contribution in [3.8, 4) is 0 Å². The van der Waals surface area contributed by atoms with E-state index in [-0.39, 0.29) is 26.6 Å². The van der Waals surface area contributed by atoms with Crippen molar-refractivity contribution in [3.63, 3.8) is 0 Å². The van der Waals surface area contributed by atoms with Crippen LogP contribution >= 0.6 is 0 Å². The number of benzene rings is 3. The topological polar surface area (TPSA) is 68.5 Å². The summed E-state index contributed by atoms with van der Waals surface area (Å²) >= 11 is -0.323. The number of para-hydroxylation sites is 2. The molecule has 1 N–H and O–H groups in total. The first-order chi connectivity index (χ1) is 14.2. The molecule has 0 amide bonds. The minimum absolute atomic E-state index is 0.323. The normalized spacial score (nSPS) is 10.7. The number of fused-ring (bicyclic) bond motifs is 1. The van der Waals surface area contributed by atoms with E-state index < -0.39 is 0 Å². The standard InChI is InChI=1S/C23H17NO4Se/c1-27-22(25)15-11-13-17(14-12-15)29-21-20(24-16-7-3-2-4-8-16)18-9-5-6-10-19(18)28-23(21)26/h2-14,24H,1H3. The number of hydrogen-bond acceptors (Lipinski definition) is 5. The average molecular weight is 450 g/mol. The van der Waals surface area contributed by atoms with Crippen LogP contribution in [-0.4, -0.2) is 28.0 Å². The maximum absolute atomic E-state index is 12.8. The molecule has 0 spiro atoms. The van der Waals surface area contributed by atoms with Gasteiger partial charge in [-0.15, -0.1) is 0 Å². The summed E-state index contributed by atoms with van der Waals surface area (Å²) in [6.45, 7) is 0. The Morgan fingerprint density at radius 1 is 0.931 bits per heavy atom. The molecule has 0 atom stereocenters. The molecule has 4 rings (SSSR count). The Kier molecular flexibility index (Phi) is 5.47. The first kappa shape index (κ1) is 19.0. The molecular formula is C23H17NO4Se. The van der Waals surface area contributed by atoms with E-state index in [1.165, 1.54) is 7.11 Å². The molecule has 6 heteroatoms. The van der Waals surface area contributed by atoms with E-state index in [1.54, 1.807) is 18.2 Å². The van der Waals surface area contributed by atoms with Crippen LogP contribution in [0.3, 0.4) is 0 Å². The van der Waals surface area contributed by atoms with Crippen LogP contribution in [0.4, 0.5) is 11.4 Å². The van der Waals surface area contributed by atoms with Crippen molar-refractivity contribution in [2.45, 2.75) is 0 Å². The SMILES string of the molecule is COC(=O)c1ccc([Se]c2c(Nc3ccccc3)c3ccccc3oc2=O)cc1. The van der Waals surface area contributed by atoms with Crippen molar-refractivity contribution in [1.82, 2.24) is 0 Å². The fraction of sp³-hybridized carbons (Fsp3) is 0.0435. The zero-order chi connectivity index (χ0) is 20.2. The summed E-state index contributed by atoms with van der Waals surface area (Å²) in [6.07, 6.45) is 0. The fourth-order valence-corrected chi connectivity index (χ4v) is 4.79. The zero-order valence-electron chi connectivity index (χ0n) is 15.5. The van der Waals surface area contributed by atoms with Gasteiger partial charge in [-0.05, 0) is 0 Å². The Labute approximate surface area is 173 Å². The van der Waals surface area contributed by atoms with Gasteiger partial charge in [-0.3, -0.25) is 0 Å². The van der Waals surface area contributed by atoms with Crippen LogP contribution in [0, 0.1) is 0 Å². The average Bonchev–Trinajstić information content (AvgIpc) is 2.76. The van der Waals surface area contributed by atoms with E-state index >= 15 is 0 Å². The molecule has 0 aliphatic carbocycles. The molecular weight excluding hydrogens is 433 g/mol. The Balaban J connectivity index is 1.78. The van der Waals surface area contributed by atoms with Crippen molar-refractivity contribution in [2.75, 3.05) is 12.4 Å². The van der Waals surface area contributed by atoms with Crippen LogP contribution < -0.4 is 19.9 Å². The van der Waals surface area contributed by atoms with Gasteiger partial charge in [-0.1, -0.05) is 0 Å². The van der Waals surface area contributed by atoms with Crippen molar-refractivity contribution in [3.05, 3.63) is 94.8 Å². The number of anilines is 2. The molecule has 0 saturated heterocycles. The van der Waals surface area contributed by atoms with Crippen LogP contribution in [0.2, 0.25) is 0 Å². The van der Waals surface area contributed by atoms with E-state index in [9.17, 15) is 9.59 Å². The molecule has 0 saturated carbocycles. The number of rotatable bonds is 5. The predicted molar refractivity (Wildman–Crippen MR) is 115 cm³/mol. The molecule has 29 heavy (non-hydrogen) atoms. The number of nitrogens with one attached hydrogen (secondary N) is 1. The van der Waals surface area contributed by atoms with Crippen molar-refractivity contribution < 1.29 is 13.9 Å². The molecule has 3 aromatic carbocycles. The molecule has 0 unspecified atom stereocenters. The van der Waals surface area contributed by atoms with Crippen molar-refractivity contribution in [1.29, 1.82) is 0 Å². The first-order valence-corrected chi connectivity index (χ1v) is 10.6. The quantitative estimate of drug-likeness (QED) is 0.288. The van der Waals surface area contributed by atoms with Gasteiger partial charge in [0.25, 0.3) is 0 Å². The van der Waals surface area contributed by atoms with Gasteiger partial charge >= 0.3 is 173 Å². The minimum atomic E-state index is -0.388. The summed E-state index contributed by atoms with van der Waals surface area (Å²) in [5, 5.41) is 4.24. The van der Waals surface area contributed by atoms with Crippen LogP contribution in [0.15, 0.2) is 88.1 Å². The van der Waals surface area contributed by atoms with Gasteiger partial charge in [0.2, 0.25) is 0 Å². The molecule has 0 radical (unpaired) electrons. The van der Waals surface area contributed by atoms with E-state index in [0.717, 1.165) is 21.2 Å². The molecule has 0 fully saturated rings. The molecule has 144 valence electrons. The maximum atomic E-state index is 12.8. The second-order valence-corrected chi connectivity index (χ2v) is 8.47. The number of esters is 1. The van der Waals surface area contributed by atoms with E-state index in [4.69, 9.17) is 9.15 Å². The number of methoxy groups -OCH3 is 1. The molecule has 1 aromatic heterocycles. The number of carbonyl (C=O) groups excluding carboxylic acids is 1. The summed E-state index contributed by atoms with van der Waals surface area (Å²) in [7, 11) is 1.35. The summed E-state index contributed by atoms with van der Waals surface area (Å²) in [5.41, 5.74) is 2.29.